The maximum absolute atomic E-state index is 13.0. The van der Waals surface area contributed by atoms with Gasteiger partial charge in [-0.2, -0.15) is 5.10 Å². The Morgan fingerprint density at radius 2 is 1.73 bits per heavy atom. The summed E-state index contributed by atoms with van der Waals surface area (Å²) >= 11 is 0. The van der Waals surface area contributed by atoms with Gasteiger partial charge in [-0.1, -0.05) is 19.6 Å². The lowest BCUT2D eigenvalue weighted by Crippen LogP contribution is -2.19. The number of pyridine rings is 2. The molecule has 0 aliphatic carbocycles. The van der Waals surface area contributed by atoms with Gasteiger partial charge < -0.3 is 0 Å². The first kappa shape index (κ1) is 19.5. The van der Waals surface area contributed by atoms with Gasteiger partial charge in [0.1, 0.15) is 5.65 Å². The zero-order valence-corrected chi connectivity index (χ0v) is 16.4. The molecule has 0 saturated heterocycles. The monoisotopic (exact) mass is 397 g/mol. The van der Waals surface area contributed by atoms with Crippen LogP contribution in [0.2, 0.25) is 0 Å². The number of hydrogen-bond acceptors (Lipinski definition) is 4. The van der Waals surface area contributed by atoms with Gasteiger partial charge in [-0.05, 0) is 49.7 Å². The molecular weight excluding hydrogens is 374 g/mol. The van der Waals surface area contributed by atoms with E-state index in [0.717, 1.165) is 44.9 Å². The van der Waals surface area contributed by atoms with Crippen LogP contribution in [-0.2, 0) is 7.05 Å². The second-order valence-electron chi connectivity index (χ2n) is 7.22. The standard InChI is InChI=1S/C23H19N5O.CH4/c1-14-11-17(8-10-24-14)20-13-22-27(3)23(29)19-7-6-16(12-21(19)28(22)26-20)18-5-4-9-25-15(18)2;/h4-13H,1-3H3;1H4. The van der Waals surface area contributed by atoms with Crippen molar-refractivity contribution in [2.24, 2.45) is 7.05 Å². The van der Waals surface area contributed by atoms with E-state index in [1.54, 1.807) is 24.0 Å². The lowest BCUT2D eigenvalue weighted by atomic mass is 10.0. The van der Waals surface area contributed by atoms with Crippen LogP contribution in [-0.4, -0.2) is 24.1 Å². The van der Waals surface area contributed by atoms with E-state index in [4.69, 9.17) is 5.10 Å². The summed E-state index contributed by atoms with van der Waals surface area (Å²) in [5.41, 5.74) is 7.18. The van der Waals surface area contributed by atoms with Crippen molar-refractivity contribution in [1.82, 2.24) is 24.1 Å². The number of benzene rings is 1. The highest BCUT2D eigenvalue weighted by atomic mass is 16.1. The van der Waals surface area contributed by atoms with E-state index in [-0.39, 0.29) is 13.0 Å². The Balaban J connectivity index is 0.00000218. The minimum atomic E-state index is -0.0423. The van der Waals surface area contributed by atoms with E-state index in [0.29, 0.717) is 5.39 Å². The van der Waals surface area contributed by atoms with Gasteiger partial charge in [0.2, 0.25) is 0 Å². The third kappa shape index (κ3) is 2.97. The van der Waals surface area contributed by atoms with Gasteiger partial charge in [0, 0.05) is 48.0 Å². The smallest absolute Gasteiger partial charge is 0.261 e. The number of aryl methyl sites for hydroxylation is 3. The molecule has 0 saturated carbocycles. The van der Waals surface area contributed by atoms with Gasteiger partial charge in [0.25, 0.3) is 5.56 Å². The first-order valence-corrected chi connectivity index (χ1v) is 9.40. The molecule has 0 radical (unpaired) electrons. The van der Waals surface area contributed by atoms with Crippen LogP contribution in [0.25, 0.3) is 38.9 Å². The van der Waals surface area contributed by atoms with Crippen LogP contribution in [0.15, 0.2) is 65.7 Å². The Kier molecular flexibility index (Phi) is 4.70. The molecule has 1 aromatic carbocycles. The summed E-state index contributed by atoms with van der Waals surface area (Å²) in [6.07, 6.45) is 3.55. The average Bonchev–Trinajstić information content (AvgIpc) is 3.18. The van der Waals surface area contributed by atoms with Crippen LogP contribution in [0.5, 0.6) is 0 Å². The van der Waals surface area contributed by atoms with Crippen molar-refractivity contribution in [2.75, 3.05) is 0 Å². The number of fused-ring (bicyclic) bond motifs is 3. The highest BCUT2D eigenvalue weighted by Crippen LogP contribution is 2.27. The normalized spacial score (nSPS) is 11.0. The van der Waals surface area contributed by atoms with Crippen molar-refractivity contribution in [3.8, 4) is 22.4 Å². The second kappa shape index (κ2) is 7.22. The third-order valence-electron chi connectivity index (χ3n) is 5.31. The zero-order chi connectivity index (χ0) is 20.1. The van der Waals surface area contributed by atoms with Gasteiger partial charge in [0.15, 0.2) is 0 Å². The molecule has 0 unspecified atom stereocenters. The molecular formula is C24H23N5O. The summed E-state index contributed by atoms with van der Waals surface area (Å²) in [6, 6.07) is 15.7. The molecule has 0 fully saturated rings. The number of hydrogen-bond donors (Lipinski definition) is 0. The van der Waals surface area contributed by atoms with Gasteiger partial charge in [-0.15, -0.1) is 0 Å². The Bertz CT molecular complexity index is 1460. The minimum Gasteiger partial charge on any atom is -0.296 e. The number of nitrogens with zero attached hydrogens (tertiary/aromatic N) is 5. The zero-order valence-electron chi connectivity index (χ0n) is 16.4. The minimum absolute atomic E-state index is 0. The quantitative estimate of drug-likeness (QED) is 0.438. The maximum Gasteiger partial charge on any atom is 0.261 e. The SMILES string of the molecule is C.Cc1cc(-c2cc3n(C)c(=O)c4ccc(-c5cccnc5C)cc4n3n2)ccn1. The maximum atomic E-state index is 13.0. The van der Waals surface area contributed by atoms with E-state index in [2.05, 4.69) is 9.97 Å². The van der Waals surface area contributed by atoms with Gasteiger partial charge in [0.05, 0.1) is 16.6 Å². The highest BCUT2D eigenvalue weighted by Gasteiger charge is 2.14. The van der Waals surface area contributed by atoms with Gasteiger partial charge in [-0.3, -0.25) is 19.3 Å². The van der Waals surface area contributed by atoms with Crippen molar-refractivity contribution in [1.29, 1.82) is 0 Å². The Hall–Kier alpha value is -3.80. The molecule has 0 N–H and O–H groups in total. The van der Waals surface area contributed by atoms with Crippen molar-refractivity contribution in [3.05, 3.63) is 82.7 Å². The Labute approximate surface area is 174 Å². The molecule has 6 nitrogen and oxygen atoms in total. The van der Waals surface area contributed by atoms with Crippen molar-refractivity contribution in [2.45, 2.75) is 21.3 Å². The predicted molar refractivity (Wildman–Crippen MR) is 121 cm³/mol. The van der Waals surface area contributed by atoms with Crippen LogP contribution < -0.4 is 5.56 Å². The highest BCUT2D eigenvalue weighted by molar-refractivity contribution is 5.86. The molecule has 6 heteroatoms. The molecule has 0 aliphatic rings. The van der Waals surface area contributed by atoms with Crippen LogP contribution in [0.4, 0.5) is 0 Å². The largest absolute Gasteiger partial charge is 0.296 e. The number of rotatable bonds is 2. The first-order valence-electron chi connectivity index (χ1n) is 9.40. The van der Waals surface area contributed by atoms with Crippen molar-refractivity contribution >= 4 is 16.6 Å². The van der Waals surface area contributed by atoms with E-state index in [9.17, 15) is 4.79 Å². The van der Waals surface area contributed by atoms with Crippen molar-refractivity contribution in [3.63, 3.8) is 0 Å². The second-order valence-corrected chi connectivity index (χ2v) is 7.22. The lowest BCUT2D eigenvalue weighted by Gasteiger charge is -2.09. The summed E-state index contributed by atoms with van der Waals surface area (Å²) < 4.78 is 3.49. The molecule has 0 aliphatic heterocycles. The Morgan fingerprint density at radius 1 is 0.900 bits per heavy atom. The molecule has 0 bridgehead atoms. The van der Waals surface area contributed by atoms with Crippen LogP contribution in [0.1, 0.15) is 18.8 Å². The molecule has 4 heterocycles. The predicted octanol–water partition coefficient (Wildman–Crippen LogP) is 4.56. The summed E-state index contributed by atoms with van der Waals surface area (Å²) in [5, 5.41) is 5.46. The fourth-order valence-electron chi connectivity index (χ4n) is 3.76. The molecule has 4 aromatic heterocycles. The molecule has 150 valence electrons. The van der Waals surface area contributed by atoms with E-state index >= 15 is 0 Å². The summed E-state index contributed by atoms with van der Waals surface area (Å²) in [7, 11) is 1.78. The summed E-state index contributed by atoms with van der Waals surface area (Å²) in [6.45, 7) is 3.93. The molecule has 0 spiro atoms. The average molecular weight is 397 g/mol. The number of aromatic nitrogens is 5. The summed E-state index contributed by atoms with van der Waals surface area (Å²) in [4.78, 5) is 21.6. The molecule has 0 amide bonds. The lowest BCUT2D eigenvalue weighted by molar-refractivity contribution is 0.850. The fraction of sp³-hybridized carbons (Fsp3) is 0.167. The van der Waals surface area contributed by atoms with Crippen molar-refractivity contribution < 1.29 is 0 Å². The molecule has 5 aromatic rings. The first-order chi connectivity index (χ1) is 14.0. The Morgan fingerprint density at radius 3 is 2.50 bits per heavy atom. The van der Waals surface area contributed by atoms with E-state index in [1.165, 1.54) is 0 Å². The van der Waals surface area contributed by atoms with E-state index < -0.39 is 0 Å². The van der Waals surface area contributed by atoms with E-state index in [1.807, 2.05) is 66.9 Å². The van der Waals surface area contributed by atoms with Crippen LogP contribution >= 0.6 is 0 Å². The third-order valence-corrected chi connectivity index (χ3v) is 5.31. The van der Waals surface area contributed by atoms with Gasteiger partial charge >= 0.3 is 0 Å². The summed E-state index contributed by atoms with van der Waals surface area (Å²) in [5.74, 6) is 0. The topological polar surface area (TPSA) is 65.1 Å². The molecule has 30 heavy (non-hydrogen) atoms. The van der Waals surface area contributed by atoms with Gasteiger partial charge in [-0.25, -0.2) is 4.52 Å². The fourth-order valence-corrected chi connectivity index (χ4v) is 3.76. The van der Waals surface area contributed by atoms with Crippen LogP contribution in [0.3, 0.4) is 0 Å². The molecule has 5 rings (SSSR count). The molecule has 0 atom stereocenters. The van der Waals surface area contributed by atoms with Crippen LogP contribution in [0, 0.1) is 13.8 Å².